The molecule has 2 atom stereocenters. The summed E-state index contributed by atoms with van der Waals surface area (Å²) in [5.41, 5.74) is 2.07. The molecule has 0 saturated carbocycles. The number of nitrogens with zero attached hydrogens (tertiary/aromatic N) is 1. The van der Waals surface area contributed by atoms with Crippen LogP contribution >= 0.6 is 0 Å². The van der Waals surface area contributed by atoms with Crippen molar-refractivity contribution in [3.05, 3.63) is 29.8 Å². The minimum Gasteiger partial charge on any atom is -0.468 e. The lowest BCUT2D eigenvalue weighted by Gasteiger charge is -2.37. The van der Waals surface area contributed by atoms with Gasteiger partial charge < -0.3 is 15.0 Å². The molecule has 4 heteroatoms. The zero-order valence-corrected chi connectivity index (χ0v) is 13.5. The molecule has 0 spiro atoms. The van der Waals surface area contributed by atoms with E-state index in [2.05, 4.69) is 41.4 Å². The Balaban J connectivity index is 2.11. The Labute approximate surface area is 127 Å². The van der Waals surface area contributed by atoms with Gasteiger partial charge in [-0.05, 0) is 44.4 Å². The number of ether oxygens (including phenoxy) is 1. The van der Waals surface area contributed by atoms with Gasteiger partial charge in [-0.2, -0.15) is 0 Å². The number of rotatable bonds is 5. The number of fused-ring (bicyclic) bond motifs is 1. The second-order valence-corrected chi connectivity index (χ2v) is 6.21. The molecule has 0 radical (unpaired) electrons. The summed E-state index contributed by atoms with van der Waals surface area (Å²) in [6.07, 6.45) is 1.85. The van der Waals surface area contributed by atoms with Crippen molar-refractivity contribution in [2.24, 2.45) is 5.92 Å². The summed E-state index contributed by atoms with van der Waals surface area (Å²) >= 11 is 0. The fourth-order valence-corrected chi connectivity index (χ4v) is 3.03. The number of carbonyl (C=O) groups is 1. The molecule has 0 saturated heterocycles. The molecule has 1 aromatic rings. The standard InChI is InChI=1S/C17H26N2O2/c1-13-11-14-7-5-6-8-15(14)19(12-13)10-9-17(2,18-3)16(20)21-4/h5-8,13,18H,9-12H2,1-4H3. The molecule has 1 aliphatic rings. The third-order valence-electron chi connectivity index (χ3n) is 4.50. The summed E-state index contributed by atoms with van der Waals surface area (Å²) in [4.78, 5) is 14.3. The minimum absolute atomic E-state index is 0.205. The number of benzene rings is 1. The van der Waals surface area contributed by atoms with Crippen LogP contribution in [0.4, 0.5) is 5.69 Å². The van der Waals surface area contributed by atoms with Gasteiger partial charge >= 0.3 is 5.97 Å². The van der Waals surface area contributed by atoms with E-state index >= 15 is 0 Å². The molecule has 0 fully saturated rings. The molecule has 0 amide bonds. The van der Waals surface area contributed by atoms with E-state index in [-0.39, 0.29) is 5.97 Å². The largest absolute Gasteiger partial charge is 0.468 e. The topological polar surface area (TPSA) is 41.6 Å². The third kappa shape index (κ3) is 3.38. The maximum Gasteiger partial charge on any atom is 0.325 e. The lowest BCUT2D eigenvalue weighted by molar-refractivity contribution is -0.147. The van der Waals surface area contributed by atoms with Crippen molar-refractivity contribution < 1.29 is 9.53 Å². The van der Waals surface area contributed by atoms with E-state index in [1.165, 1.54) is 18.4 Å². The molecule has 1 aromatic carbocycles. The number of anilines is 1. The minimum atomic E-state index is -0.635. The normalized spacial score (nSPS) is 20.6. The molecule has 1 heterocycles. The van der Waals surface area contributed by atoms with Gasteiger partial charge in [0.25, 0.3) is 0 Å². The first kappa shape index (κ1) is 15.8. The molecule has 0 bridgehead atoms. The smallest absolute Gasteiger partial charge is 0.325 e. The van der Waals surface area contributed by atoms with Crippen molar-refractivity contribution >= 4 is 11.7 Å². The summed E-state index contributed by atoms with van der Waals surface area (Å²) in [6, 6.07) is 8.56. The third-order valence-corrected chi connectivity index (χ3v) is 4.50. The highest BCUT2D eigenvalue weighted by Gasteiger charge is 2.33. The molecule has 116 valence electrons. The van der Waals surface area contributed by atoms with Crippen molar-refractivity contribution in [1.82, 2.24) is 5.32 Å². The maximum absolute atomic E-state index is 11.9. The molecule has 1 aliphatic heterocycles. The average molecular weight is 290 g/mol. The van der Waals surface area contributed by atoms with Gasteiger partial charge in [0.1, 0.15) is 5.54 Å². The quantitative estimate of drug-likeness (QED) is 0.844. The van der Waals surface area contributed by atoms with Crippen molar-refractivity contribution in [2.75, 3.05) is 32.1 Å². The molecule has 0 aliphatic carbocycles. The summed E-state index contributed by atoms with van der Waals surface area (Å²) in [6.45, 7) is 6.06. The van der Waals surface area contributed by atoms with Crippen LogP contribution in [0.25, 0.3) is 0 Å². The monoisotopic (exact) mass is 290 g/mol. The van der Waals surface area contributed by atoms with E-state index in [4.69, 9.17) is 4.74 Å². The predicted octanol–water partition coefficient (Wildman–Crippen LogP) is 2.23. The molecule has 21 heavy (non-hydrogen) atoms. The van der Waals surface area contributed by atoms with Crippen LogP contribution in [0.15, 0.2) is 24.3 Å². The van der Waals surface area contributed by atoms with E-state index in [0.29, 0.717) is 5.92 Å². The van der Waals surface area contributed by atoms with Crippen LogP contribution in [0.1, 0.15) is 25.8 Å². The zero-order chi connectivity index (χ0) is 15.5. The number of carbonyl (C=O) groups excluding carboxylic acids is 1. The van der Waals surface area contributed by atoms with Gasteiger partial charge in [0.05, 0.1) is 7.11 Å². The van der Waals surface area contributed by atoms with E-state index in [9.17, 15) is 4.79 Å². The Hall–Kier alpha value is -1.55. The SMILES string of the molecule is CNC(C)(CCN1CC(C)Cc2ccccc21)C(=O)OC. The van der Waals surface area contributed by atoms with E-state index < -0.39 is 5.54 Å². The first-order valence-corrected chi connectivity index (χ1v) is 7.60. The molecule has 4 nitrogen and oxygen atoms in total. The van der Waals surface area contributed by atoms with Gasteiger partial charge in [-0.1, -0.05) is 25.1 Å². The molecule has 2 rings (SSSR count). The molecule has 1 N–H and O–H groups in total. The van der Waals surface area contributed by atoms with Crippen LogP contribution in [-0.4, -0.2) is 38.8 Å². The summed E-state index contributed by atoms with van der Waals surface area (Å²) in [7, 11) is 3.25. The predicted molar refractivity (Wildman–Crippen MR) is 85.6 cm³/mol. The lowest BCUT2D eigenvalue weighted by Crippen LogP contribution is -2.51. The Morgan fingerprint density at radius 3 is 2.86 bits per heavy atom. The fourth-order valence-electron chi connectivity index (χ4n) is 3.03. The van der Waals surface area contributed by atoms with Crippen LogP contribution in [0, 0.1) is 5.92 Å². The van der Waals surface area contributed by atoms with Gasteiger partial charge in [0.2, 0.25) is 0 Å². The van der Waals surface area contributed by atoms with Crippen LogP contribution < -0.4 is 10.2 Å². The van der Waals surface area contributed by atoms with Gasteiger partial charge in [-0.15, -0.1) is 0 Å². The molecule has 0 aromatic heterocycles. The Morgan fingerprint density at radius 1 is 1.48 bits per heavy atom. The number of esters is 1. The average Bonchev–Trinajstić information content (AvgIpc) is 2.51. The van der Waals surface area contributed by atoms with Gasteiger partial charge in [0, 0.05) is 18.8 Å². The van der Waals surface area contributed by atoms with Crippen LogP contribution in [-0.2, 0) is 16.0 Å². The van der Waals surface area contributed by atoms with Crippen molar-refractivity contribution in [1.29, 1.82) is 0 Å². The van der Waals surface area contributed by atoms with Gasteiger partial charge in [-0.3, -0.25) is 4.79 Å². The fraction of sp³-hybridized carbons (Fsp3) is 0.588. The van der Waals surface area contributed by atoms with Gasteiger partial charge in [0.15, 0.2) is 0 Å². The number of para-hydroxylation sites is 1. The van der Waals surface area contributed by atoms with Gasteiger partial charge in [-0.25, -0.2) is 0 Å². The summed E-state index contributed by atoms with van der Waals surface area (Å²) in [5.74, 6) is 0.433. The second-order valence-electron chi connectivity index (χ2n) is 6.21. The highest BCUT2D eigenvalue weighted by Crippen LogP contribution is 2.30. The second kappa shape index (κ2) is 6.48. The van der Waals surface area contributed by atoms with Crippen molar-refractivity contribution in [2.45, 2.75) is 32.2 Å². The lowest BCUT2D eigenvalue weighted by atomic mass is 9.92. The van der Waals surface area contributed by atoms with Crippen LogP contribution in [0.2, 0.25) is 0 Å². The Kier molecular flexibility index (Phi) is 4.88. The van der Waals surface area contributed by atoms with E-state index in [0.717, 1.165) is 25.9 Å². The molecule has 2 unspecified atom stereocenters. The molecular formula is C17H26N2O2. The number of likely N-dealkylation sites (N-methyl/N-ethyl adjacent to an activating group) is 1. The Morgan fingerprint density at radius 2 is 2.19 bits per heavy atom. The highest BCUT2D eigenvalue weighted by molar-refractivity contribution is 5.80. The first-order chi connectivity index (χ1) is 10.00. The number of methoxy groups -OCH3 is 1. The van der Waals surface area contributed by atoms with E-state index in [1.807, 2.05) is 14.0 Å². The Bertz CT molecular complexity index is 503. The molecular weight excluding hydrogens is 264 g/mol. The summed E-state index contributed by atoms with van der Waals surface area (Å²) < 4.78 is 4.92. The number of nitrogens with one attached hydrogen (secondary N) is 1. The summed E-state index contributed by atoms with van der Waals surface area (Å²) in [5, 5.41) is 3.10. The maximum atomic E-state index is 11.9. The van der Waals surface area contributed by atoms with Crippen molar-refractivity contribution in [3.8, 4) is 0 Å². The van der Waals surface area contributed by atoms with Crippen LogP contribution in [0.3, 0.4) is 0 Å². The van der Waals surface area contributed by atoms with Crippen molar-refractivity contribution in [3.63, 3.8) is 0 Å². The van der Waals surface area contributed by atoms with E-state index in [1.54, 1.807) is 0 Å². The number of hydrogen-bond donors (Lipinski definition) is 1. The highest BCUT2D eigenvalue weighted by atomic mass is 16.5. The number of hydrogen-bond acceptors (Lipinski definition) is 4. The zero-order valence-electron chi connectivity index (χ0n) is 13.5. The van der Waals surface area contributed by atoms with Crippen LogP contribution in [0.5, 0.6) is 0 Å². The first-order valence-electron chi connectivity index (χ1n) is 7.60.